The molecule has 0 aromatic heterocycles. The lowest BCUT2D eigenvalue weighted by Gasteiger charge is -2.53. The van der Waals surface area contributed by atoms with Crippen LogP contribution in [-0.2, 0) is 14.4 Å². The van der Waals surface area contributed by atoms with E-state index in [-0.39, 0.29) is 11.3 Å². The molecule has 3 aliphatic rings. The minimum absolute atomic E-state index is 0.0357. The first kappa shape index (κ1) is 28.5. The number of primary amides is 1. The van der Waals surface area contributed by atoms with Gasteiger partial charge in [-0.15, -0.1) is 0 Å². The van der Waals surface area contributed by atoms with E-state index >= 15 is 0 Å². The van der Waals surface area contributed by atoms with E-state index in [9.17, 15) is 39.9 Å². The number of phenolic OH excluding ortho intramolecular Hbond substituents is 1. The van der Waals surface area contributed by atoms with Crippen molar-refractivity contribution in [2.75, 3.05) is 14.1 Å². The number of amides is 1. The maximum Gasteiger partial charge on any atom is 0.255 e. The van der Waals surface area contributed by atoms with Crippen molar-refractivity contribution in [1.82, 2.24) is 4.90 Å². The summed E-state index contributed by atoms with van der Waals surface area (Å²) < 4.78 is 0. The molecule has 1 fully saturated rings. The van der Waals surface area contributed by atoms with Crippen LogP contribution in [0.4, 0.5) is 0 Å². The van der Waals surface area contributed by atoms with Gasteiger partial charge in [0.05, 0.1) is 23.6 Å². The topological polar surface area (TPSA) is 182 Å². The molecule has 0 bridgehead atoms. The fourth-order valence-electron chi connectivity index (χ4n) is 7.00. The first-order valence-electron chi connectivity index (χ1n) is 13.4. The van der Waals surface area contributed by atoms with Gasteiger partial charge in [-0.25, -0.2) is 0 Å². The van der Waals surface area contributed by atoms with Gasteiger partial charge in [0.25, 0.3) is 5.91 Å². The van der Waals surface area contributed by atoms with Gasteiger partial charge in [-0.2, -0.15) is 0 Å². The molecule has 0 unspecified atom stereocenters. The molecule has 2 aromatic rings. The zero-order valence-corrected chi connectivity index (χ0v) is 23.4. The molecular weight excluding hydrogens is 528 g/mol. The first-order valence-corrected chi connectivity index (χ1v) is 13.4. The first-order chi connectivity index (χ1) is 19.2. The number of benzene rings is 2. The number of likely N-dealkylation sites (N-methyl/N-ethyl adjacent to an activating group) is 1. The van der Waals surface area contributed by atoms with E-state index in [1.807, 2.05) is 24.3 Å². The molecule has 7 N–H and O–H groups in total. The van der Waals surface area contributed by atoms with Crippen molar-refractivity contribution in [2.45, 2.75) is 50.4 Å². The summed E-state index contributed by atoms with van der Waals surface area (Å²) in [5.41, 5.74) is 4.06. The lowest BCUT2D eigenvalue weighted by atomic mass is 9.54. The molecule has 1 amide bonds. The molecule has 5 rings (SSSR count). The number of aliphatic hydroxyl groups is 4. The lowest BCUT2D eigenvalue weighted by Crippen LogP contribution is -2.70. The molecule has 10 heteroatoms. The number of aliphatic hydroxyl groups excluding tert-OH is 3. The van der Waals surface area contributed by atoms with Gasteiger partial charge in [0.2, 0.25) is 5.78 Å². The number of phenols is 1. The largest absolute Gasteiger partial charge is 0.508 e. The molecule has 0 heterocycles. The van der Waals surface area contributed by atoms with Crippen molar-refractivity contribution in [3.05, 3.63) is 70.0 Å². The van der Waals surface area contributed by atoms with E-state index in [2.05, 4.69) is 13.8 Å². The molecule has 1 saturated carbocycles. The maximum absolute atomic E-state index is 14.1. The molecule has 10 nitrogen and oxygen atoms in total. The van der Waals surface area contributed by atoms with E-state index in [0.717, 1.165) is 11.1 Å². The Balaban J connectivity index is 1.79. The highest BCUT2D eigenvalue weighted by molar-refractivity contribution is 6.24. The highest BCUT2D eigenvalue weighted by Crippen LogP contribution is 2.57. The Labute approximate surface area is 237 Å². The summed E-state index contributed by atoms with van der Waals surface area (Å²) in [5, 5.41) is 57.1. The summed E-state index contributed by atoms with van der Waals surface area (Å²) >= 11 is 0. The van der Waals surface area contributed by atoms with Gasteiger partial charge in [-0.3, -0.25) is 19.3 Å². The third-order valence-corrected chi connectivity index (χ3v) is 9.00. The summed E-state index contributed by atoms with van der Waals surface area (Å²) in [4.78, 5) is 41.0. The summed E-state index contributed by atoms with van der Waals surface area (Å²) in [6.07, 6.45) is -1.65. The fourth-order valence-corrected chi connectivity index (χ4v) is 7.00. The van der Waals surface area contributed by atoms with Crippen molar-refractivity contribution in [1.29, 1.82) is 0 Å². The Morgan fingerprint density at radius 2 is 1.63 bits per heavy atom. The van der Waals surface area contributed by atoms with Gasteiger partial charge in [0.15, 0.2) is 11.4 Å². The van der Waals surface area contributed by atoms with Crippen molar-refractivity contribution in [3.63, 3.8) is 0 Å². The average Bonchev–Trinajstić information content (AvgIpc) is 2.90. The van der Waals surface area contributed by atoms with Crippen molar-refractivity contribution < 1.29 is 39.9 Å². The monoisotopic (exact) mass is 562 g/mol. The van der Waals surface area contributed by atoms with Crippen LogP contribution in [-0.4, -0.2) is 79.7 Å². The number of nitrogens with two attached hydrogens (primary N) is 1. The minimum atomic E-state index is -2.94. The van der Waals surface area contributed by atoms with E-state index in [1.165, 1.54) is 25.1 Å². The number of hydrogen-bond acceptors (Lipinski definition) is 9. The molecule has 0 spiro atoms. The number of rotatable bonds is 4. The zero-order chi connectivity index (χ0) is 30.3. The van der Waals surface area contributed by atoms with Gasteiger partial charge in [0.1, 0.15) is 22.8 Å². The third-order valence-electron chi connectivity index (χ3n) is 9.00. The van der Waals surface area contributed by atoms with Gasteiger partial charge < -0.3 is 31.3 Å². The Bertz CT molecular complexity index is 1550. The number of Topliss-reactive ketones (excluding diaryl/α,β-unsaturated/α-hetero) is 2. The van der Waals surface area contributed by atoms with Crippen LogP contribution < -0.4 is 5.73 Å². The average molecular weight is 563 g/mol. The number of ketones is 2. The van der Waals surface area contributed by atoms with E-state index in [4.69, 9.17) is 5.73 Å². The van der Waals surface area contributed by atoms with Crippen LogP contribution in [0.25, 0.3) is 16.9 Å². The molecule has 0 saturated heterocycles. The quantitative estimate of drug-likeness (QED) is 0.305. The molecule has 0 aliphatic heterocycles. The normalized spacial score (nSPS) is 29.5. The number of carbonyl (C=O) groups is 3. The van der Waals surface area contributed by atoms with Crippen molar-refractivity contribution in [2.24, 2.45) is 17.6 Å². The number of fused-ring (bicyclic) bond motifs is 3. The number of carbonyl (C=O) groups excluding carboxylic acids is 3. The second-order valence-corrected chi connectivity index (χ2v) is 11.7. The maximum atomic E-state index is 14.1. The highest BCUT2D eigenvalue weighted by Gasteiger charge is 2.68. The molecular formula is C31H34N2O8. The minimum Gasteiger partial charge on any atom is -0.508 e. The predicted molar refractivity (Wildman–Crippen MR) is 150 cm³/mol. The summed E-state index contributed by atoms with van der Waals surface area (Å²) in [6.45, 7) is 5.87. The number of aromatic hydroxyl groups is 1. The standard InChI is InChI=1S/C31H34N2O8/c1-12(2)14-6-8-15(9-7-14)16-10-11-17(34)20-18(16)13(3)19-21(25(20)35)28(38)31(41)23(26(19)36)24(33(4)5)27(37)22(29(31)39)30(32)40/h6-13,19,23-24,26,34-36,39,41H,1-5H3,(H2,32,40)/t13-,19+,23+,24-,26-,31-/m1/s1. The Morgan fingerprint density at radius 3 is 2.17 bits per heavy atom. The summed E-state index contributed by atoms with van der Waals surface area (Å²) in [5.74, 6) is -8.85. The SMILES string of the molecule is CC(C)c1ccc(-c2ccc(O)c3c2[C@@H](C)[C@H]2C(=C3O)C(=O)[C@@]3(O)C(O)=C(C(N)=O)C(=O)[C@H](N(C)C)[C@H]3[C@@H]2O)cc1. The zero-order valence-electron chi connectivity index (χ0n) is 23.4. The molecule has 216 valence electrons. The number of hydrogen-bond donors (Lipinski definition) is 6. The van der Waals surface area contributed by atoms with Crippen molar-refractivity contribution >= 4 is 23.2 Å². The van der Waals surface area contributed by atoms with Crippen LogP contribution in [0.5, 0.6) is 5.75 Å². The Kier molecular flexibility index (Phi) is 6.64. The second kappa shape index (κ2) is 9.54. The lowest BCUT2D eigenvalue weighted by molar-refractivity contribution is -0.169. The molecule has 41 heavy (non-hydrogen) atoms. The smallest absolute Gasteiger partial charge is 0.255 e. The summed E-state index contributed by atoms with van der Waals surface area (Å²) in [6, 6.07) is 9.48. The van der Waals surface area contributed by atoms with Crippen LogP contribution in [0.3, 0.4) is 0 Å². The number of nitrogens with zero attached hydrogens (tertiary/aromatic N) is 1. The van der Waals surface area contributed by atoms with Crippen LogP contribution >= 0.6 is 0 Å². The van der Waals surface area contributed by atoms with Crippen molar-refractivity contribution in [3.8, 4) is 16.9 Å². The van der Waals surface area contributed by atoms with Crippen LogP contribution in [0.15, 0.2) is 53.3 Å². The van der Waals surface area contributed by atoms with Gasteiger partial charge in [-0.05, 0) is 54.3 Å². The van der Waals surface area contributed by atoms with E-state index in [1.54, 1.807) is 13.0 Å². The Hall–Kier alpha value is -3.99. The predicted octanol–water partition coefficient (Wildman–Crippen LogP) is 2.29. The highest BCUT2D eigenvalue weighted by atomic mass is 16.4. The molecule has 2 aromatic carbocycles. The molecule has 3 aliphatic carbocycles. The van der Waals surface area contributed by atoms with E-state index < -0.39 is 75.6 Å². The van der Waals surface area contributed by atoms with Crippen LogP contribution in [0, 0.1) is 11.8 Å². The van der Waals surface area contributed by atoms with Crippen LogP contribution in [0.2, 0.25) is 0 Å². The van der Waals surface area contributed by atoms with E-state index in [0.29, 0.717) is 17.0 Å². The van der Waals surface area contributed by atoms with Gasteiger partial charge in [-0.1, -0.05) is 51.1 Å². The van der Waals surface area contributed by atoms with Gasteiger partial charge >= 0.3 is 0 Å². The summed E-state index contributed by atoms with van der Waals surface area (Å²) in [7, 11) is 2.95. The molecule has 6 atom stereocenters. The molecule has 0 radical (unpaired) electrons. The van der Waals surface area contributed by atoms with Gasteiger partial charge in [0, 0.05) is 11.5 Å². The second-order valence-electron chi connectivity index (χ2n) is 11.7. The Morgan fingerprint density at radius 1 is 1.02 bits per heavy atom. The van der Waals surface area contributed by atoms with Crippen LogP contribution in [0.1, 0.15) is 49.3 Å². The fraction of sp³-hybridized carbons (Fsp3) is 0.387. The third kappa shape index (κ3) is 3.78.